The molecule has 1 aliphatic heterocycles. The Morgan fingerprint density at radius 3 is 3.05 bits per heavy atom. The van der Waals surface area contributed by atoms with Crippen LogP contribution >= 0.6 is 15.9 Å². The molecule has 1 amide bonds. The van der Waals surface area contributed by atoms with Crippen molar-refractivity contribution in [2.45, 2.75) is 12.6 Å². The number of hydrogen-bond acceptors (Lipinski definition) is 4. The Hall–Kier alpha value is -1.76. The summed E-state index contributed by atoms with van der Waals surface area (Å²) in [5.41, 5.74) is 8.34. The minimum atomic E-state index is -0.147. The van der Waals surface area contributed by atoms with E-state index in [-0.39, 0.29) is 17.9 Å². The van der Waals surface area contributed by atoms with Gasteiger partial charge >= 0.3 is 0 Å². The van der Waals surface area contributed by atoms with Gasteiger partial charge in [0.15, 0.2) is 0 Å². The van der Waals surface area contributed by atoms with Gasteiger partial charge in [-0.15, -0.1) is 0 Å². The number of carbonyl (C=O) groups excluding carboxylic acids is 1. The van der Waals surface area contributed by atoms with Gasteiger partial charge in [-0.3, -0.25) is 15.2 Å². The first kappa shape index (κ1) is 15.1. The lowest BCUT2D eigenvalue weighted by atomic mass is 9.94. The fraction of sp³-hybridized carbons (Fsp3) is 0.250. The molecule has 2 unspecified atom stereocenters. The number of amides is 1. The van der Waals surface area contributed by atoms with Gasteiger partial charge in [0.25, 0.3) is 0 Å². The number of benzene rings is 1. The lowest BCUT2D eigenvalue weighted by Crippen LogP contribution is -2.34. The number of nitrogens with zero attached hydrogens (tertiary/aromatic N) is 1. The molecule has 0 aliphatic carbocycles. The third-order valence-electron chi connectivity index (χ3n) is 3.72. The van der Waals surface area contributed by atoms with E-state index < -0.39 is 0 Å². The highest BCUT2D eigenvalue weighted by molar-refractivity contribution is 9.10. The van der Waals surface area contributed by atoms with Crippen LogP contribution in [-0.4, -0.2) is 17.4 Å². The topological polar surface area (TPSA) is 66.0 Å². The van der Waals surface area contributed by atoms with Crippen molar-refractivity contribution in [3.63, 3.8) is 0 Å². The summed E-state index contributed by atoms with van der Waals surface area (Å²) in [6.45, 7) is 1.10. The molecule has 1 aromatic carbocycles. The number of carbonyl (C=O) groups is 1. The quantitative estimate of drug-likeness (QED) is 0.779. The fourth-order valence-electron chi connectivity index (χ4n) is 2.58. The van der Waals surface area contributed by atoms with Gasteiger partial charge in [0.05, 0.1) is 12.0 Å². The Bertz CT molecular complexity index is 650. The van der Waals surface area contributed by atoms with E-state index in [1.807, 2.05) is 36.4 Å². The molecule has 1 saturated heterocycles. The Labute approximate surface area is 137 Å². The molecule has 114 valence electrons. The predicted octanol–water partition coefficient (Wildman–Crippen LogP) is 1.93. The van der Waals surface area contributed by atoms with Gasteiger partial charge in [-0.2, -0.15) is 0 Å². The van der Waals surface area contributed by atoms with Crippen molar-refractivity contribution < 1.29 is 4.79 Å². The van der Waals surface area contributed by atoms with E-state index >= 15 is 0 Å². The molecular weight excluding hydrogens is 344 g/mol. The number of rotatable bonds is 4. The summed E-state index contributed by atoms with van der Waals surface area (Å²) in [7, 11) is 0. The molecule has 3 rings (SSSR count). The van der Waals surface area contributed by atoms with Gasteiger partial charge in [-0.25, -0.2) is 5.43 Å². The van der Waals surface area contributed by atoms with Crippen LogP contribution in [0.2, 0.25) is 0 Å². The zero-order chi connectivity index (χ0) is 15.4. The van der Waals surface area contributed by atoms with E-state index in [2.05, 4.69) is 37.1 Å². The number of nitrogens with one attached hydrogen (secondary N) is 3. The lowest BCUT2D eigenvalue weighted by Gasteiger charge is -2.18. The summed E-state index contributed by atoms with van der Waals surface area (Å²) in [6, 6.07) is 11.8. The van der Waals surface area contributed by atoms with E-state index in [1.165, 1.54) is 0 Å². The second kappa shape index (κ2) is 7.00. The van der Waals surface area contributed by atoms with E-state index in [1.54, 1.807) is 12.4 Å². The molecule has 0 bridgehead atoms. The predicted molar refractivity (Wildman–Crippen MR) is 87.6 cm³/mol. The van der Waals surface area contributed by atoms with Crippen LogP contribution in [0.5, 0.6) is 0 Å². The first-order chi connectivity index (χ1) is 10.7. The Morgan fingerprint density at radius 2 is 2.27 bits per heavy atom. The summed E-state index contributed by atoms with van der Waals surface area (Å²) < 4.78 is 1.01. The standard InChI is InChI=1S/C16H17BrN4O/c17-13-5-1-4-12(7-13)15-14(10-20-21-15)16(22)19-9-11-3-2-6-18-8-11/h1-8,14-15,20-21H,9-10H2,(H,19,22). The van der Waals surface area contributed by atoms with E-state index in [0.29, 0.717) is 13.1 Å². The number of halogens is 1. The summed E-state index contributed by atoms with van der Waals surface area (Å²) in [6.07, 6.45) is 3.48. The number of hydrogen-bond donors (Lipinski definition) is 3. The number of aromatic nitrogens is 1. The molecule has 0 radical (unpaired) electrons. The lowest BCUT2D eigenvalue weighted by molar-refractivity contribution is -0.125. The van der Waals surface area contributed by atoms with Crippen LogP contribution in [0.1, 0.15) is 17.2 Å². The molecule has 0 spiro atoms. The summed E-state index contributed by atoms with van der Waals surface area (Å²) in [4.78, 5) is 16.5. The monoisotopic (exact) mass is 360 g/mol. The van der Waals surface area contributed by atoms with Crippen LogP contribution in [0, 0.1) is 5.92 Å². The molecule has 6 heteroatoms. The molecule has 2 atom stereocenters. The molecule has 2 aromatic rings. The molecule has 1 aromatic heterocycles. The summed E-state index contributed by atoms with van der Waals surface area (Å²) >= 11 is 3.47. The molecule has 1 fully saturated rings. The summed E-state index contributed by atoms with van der Waals surface area (Å²) in [5.74, 6) is -0.114. The average Bonchev–Trinajstić information content (AvgIpc) is 3.03. The van der Waals surface area contributed by atoms with Crippen molar-refractivity contribution in [3.05, 3.63) is 64.4 Å². The second-order valence-electron chi connectivity index (χ2n) is 5.24. The van der Waals surface area contributed by atoms with Crippen molar-refractivity contribution in [1.82, 2.24) is 21.2 Å². The molecule has 5 nitrogen and oxygen atoms in total. The molecule has 3 N–H and O–H groups in total. The molecular formula is C16H17BrN4O. The molecule has 2 heterocycles. The molecule has 22 heavy (non-hydrogen) atoms. The maximum absolute atomic E-state index is 12.5. The zero-order valence-corrected chi connectivity index (χ0v) is 13.5. The van der Waals surface area contributed by atoms with Crippen LogP contribution in [0.3, 0.4) is 0 Å². The van der Waals surface area contributed by atoms with Crippen molar-refractivity contribution in [3.8, 4) is 0 Å². The van der Waals surface area contributed by atoms with Gasteiger partial charge in [0.2, 0.25) is 5.91 Å². The molecule has 1 aliphatic rings. The first-order valence-electron chi connectivity index (χ1n) is 7.14. The third kappa shape index (κ3) is 3.52. The van der Waals surface area contributed by atoms with Crippen LogP contribution in [-0.2, 0) is 11.3 Å². The van der Waals surface area contributed by atoms with Crippen molar-refractivity contribution in [2.75, 3.05) is 6.54 Å². The number of pyridine rings is 1. The van der Waals surface area contributed by atoms with Crippen LogP contribution in [0.4, 0.5) is 0 Å². The van der Waals surface area contributed by atoms with Crippen molar-refractivity contribution >= 4 is 21.8 Å². The fourth-order valence-corrected chi connectivity index (χ4v) is 3.00. The van der Waals surface area contributed by atoms with Crippen molar-refractivity contribution in [2.24, 2.45) is 5.92 Å². The van der Waals surface area contributed by atoms with Crippen LogP contribution in [0.25, 0.3) is 0 Å². The summed E-state index contributed by atoms with van der Waals surface area (Å²) in [5, 5.41) is 2.98. The maximum Gasteiger partial charge on any atom is 0.226 e. The average molecular weight is 361 g/mol. The van der Waals surface area contributed by atoms with Crippen LogP contribution in [0.15, 0.2) is 53.3 Å². The van der Waals surface area contributed by atoms with Crippen LogP contribution < -0.4 is 16.2 Å². The maximum atomic E-state index is 12.5. The SMILES string of the molecule is O=C(NCc1cccnc1)C1CNNC1c1cccc(Br)c1. The van der Waals surface area contributed by atoms with Gasteiger partial charge in [-0.05, 0) is 29.3 Å². The second-order valence-corrected chi connectivity index (χ2v) is 6.16. The van der Waals surface area contributed by atoms with E-state index in [9.17, 15) is 4.79 Å². The number of hydrazine groups is 1. The van der Waals surface area contributed by atoms with Gasteiger partial charge in [0.1, 0.15) is 0 Å². The normalized spacial score (nSPS) is 20.8. The van der Waals surface area contributed by atoms with Gasteiger partial charge in [-0.1, -0.05) is 34.1 Å². The zero-order valence-electron chi connectivity index (χ0n) is 11.9. The first-order valence-corrected chi connectivity index (χ1v) is 7.94. The van der Waals surface area contributed by atoms with Crippen molar-refractivity contribution in [1.29, 1.82) is 0 Å². The molecule has 0 saturated carbocycles. The van der Waals surface area contributed by atoms with Gasteiger partial charge < -0.3 is 5.32 Å². The Kier molecular flexibility index (Phi) is 4.82. The van der Waals surface area contributed by atoms with Gasteiger partial charge in [0, 0.05) is 30.0 Å². The third-order valence-corrected chi connectivity index (χ3v) is 4.21. The highest BCUT2D eigenvalue weighted by Crippen LogP contribution is 2.27. The van der Waals surface area contributed by atoms with E-state index in [4.69, 9.17) is 0 Å². The minimum absolute atomic E-state index is 0.0336. The largest absolute Gasteiger partial charge is 0.352 e. The minimum Gasteiger partial charge on any atom is -0.352 e. The van der Waals surface area contributed by atoms with E-state index in [0.717, 1.165) is 15.6 Å². The Morgan fingerprint density at radius 1 is 1.36 bits per heavy atom. The highest BCUT2D eigenvalue weighted by Gasteiger charge is 2.33. The Balaban J connectivity index is 1.66. The highest BCUT2D eigenvalue weighted by atomic mass is 79.9. The smallest absolute Gasteiger partial charge is 0.226 e.